The fraction of sp³-hybridized carbons (Fsp3) is 0.667. The highest BCUT2D eigenvalue weighted by molar-refractivity contribution is 9.10. The third-order valence-corrected chi connectivity index (χ3v) is 9.56. The molecule has 0 aliphatic carbocycles. The van der Waals surface area contributed by atoms with Crippen molar-refractivity contribution in [1.29, 1.82) is 0 Å². The zero-order chi connectivity index (χ0) is 16.8. The van der Waals surface area contributed by atoms with Crippen LogP contribution < -0.4 is 0 Å². The number of rotatable bonds is 8. The van der Waals surface area contributed by atoms with Gasteiger partial charge in [0.25, 0.3) is 0 Å². The molecule has 1 aromatic rings. The lowest BCUT2D eigenvalue weighted by Crippen LogP contribution is -2.41. The second kappa shape index (κ2) is 8.62. The number of ether oxygens (including phenoxy) is 1. The first kappa shape index (κ1) is 19.9. The third-order valence-electron chi connectivity index (χ3n) is 4.49. The Balaban J connectivity index is 2.35. The van der Waals surface area contributed by atoms with Gasteiger partial charge in [-0.3, -0.25) is 0 Å². The fourth-order valence-electron chi connectivity index (χ4n) is 1.96. The Kier molecular flexibility index (Phi) is 7.79. The van der Waals surface area contributed by atoms with Crippen LogP contribution in [-0.4, -0.2) is 21.5 Å². The molecule has 1 rings (SSSR count). The van der Waals surface area contributed by atoms with Crippen LogP contribution in [0.5, 0.6) is 0 Å². The van der Waals surface area contributed by atoms with E-state index in [1.54, 1.807) is 0 Å². The van der Waals surface area contributed by atoms with Crippen LogP contribution in [-0.2, 0) is 9.16 Å². The zero-order valence-corrected chi connectivity index (χ0v) is 17.5. The summed E-state index contributed by atoms with van der Waals surface area (Å²) in [5.74, 6) is 0. The summed E-state index contributed by atoms with van der Waals surface area (Å²) in [6.07, 6.45) is 2.13. The molecule has 126 valence electrons. The molecule has 2 nitrogen and oxygen atoms in total. The fourth-order valence-corrected chi connectivity index (χ4v) is 3.31. The molecule has 1 atom stereocenters. The van der Waals surface area contributed by atoms with Gasteiger partial charge in [-0.15, -0.1) is 0 Å². The lowest BCUT2D eigenvalue weighted by atomic mass is 10.1. The van der Waals surface area contributed by atoms with E-state index in [1.807, 2.05) is 0 Å². The van der Waals surface area contributed by atoms with Crippen molar-refractivity contribution in [3.63, 3.8) is 0 Å². The summed E-state index contributed by atoms with van der Waals surface area (Å²) in [6, 6.07) is 8.40. The standard InChI is InChI=1S/C18H31BrO2Si/c1-7-17(15-9-11-16(19)12-10-15)20-13-8-14-21-22(5,6)18(2,3)4/h9-12,17H,7-8,13-14H2,1-6H3. The molecular weight excluding hydrogens is 356 g/mol. The predicted octanol–water partition coefficient (Wildman–Crippen LogP) is 6.33. The quantitative estimate of drug-likeness (QED) is 0.383. The SMILES string of the molecule is CCC(OCCCO[Si](C)(C)C(C)(C)C)c1ccc(Br)cc1. The van der Waals surface area contributed by atoms with E-state index in [-0.39, 0.29) is 11.1 Å². The predicted molar refractivity (Wildman–Crippen MR) is 101 cm³/mol. The Morgan fingerprint density at radius 2 is 1.68 bits per heavy atom. The first-order valence-electron chi connectivity index (χ1n) is 8.18. The summed E-state index contributed by atoms with van der Waals surface area (Å²) < 4.78 is 13.3. The highest BCUT2D eigenvalue weighted by Crippen LogP contribution is 2.36. The zero-order valence-electron chi connectivity index (χ0n) is 14.9. The minimum atomic E-state index is -1.62. The maximum Gasteiger partial charge on any atom is 0.191 e. The molecule has 0 amide bonds. The van der Waals surface area contributed by atoms with Crippen molar-refractivity contribution < 1.29 is 9.16 Å². The van der Waals surface area contributed by atoms with Crippen molar-refractivity contribution >= 4 is 24.2 Å². The molecular formula is C18H31BrO2Si. The Morgan fingerprint density at radius 3 is 2.18 bits per heavy atom. The first-order valence-corrected chi connectivity index (χ1v) is 11.9. The van der Waals surface area contributed by atoms with Crippen LogP contribution in [0.15, 0.2) is 28.7 Å². The van der Waals surface area contributed by atoms with Gasteiger partial charge >= 0.3 is 0 Å². The van der Waals surface area contributed by atoms with Crippen molar-refractivity contribution in [2.45, 2.75) is 64.8 Å². The molecule has 1 aromatic carbocycles. The summed E-state index contributed by atoms with van der Waals surface area (Å²) >= 11 is 3.47. The van der Waals surface area contributed by atoms with Crippen molar-refractivity contribution in [1.82, 2.24) is 0 Å². The van der Waals surface area contributed by atoms with Crippen LogP contribution >= 0.6 is 15.9 Å². The number of hydrogen-bond donors (Lipinski definition) is 0. The van der Waals surface area contributed by atoms with E-state index in [0.29, 0.717) is 0 Å². The maximum atomic E-state index is 6.18. The molecule has 0 saturated carbocycles. The van der Waals surface area contributed by atoms with Gasteiger partial charge in [0.15, 0.2) is 8.32 Å². The molecule has 0 spiro atoms. The van der Waals surface area contributed by atoms with Gasteiger partial charge in [-0.05, 0) is 48.7 Å². The molecule has 0 fully saturated rings. The second-order valence-corrected chi connectivity index (χ2v) is 13.0. The van der Waals surface area contributed by atoms with Crippen LogP contribution in [0, 0.1) is 0 Å². The van der Waals surface area contributed by atoms with Crippen molar-refractivity contribution in [3.05, 3.63) is 34.3 Å². The van der Waals surface area contributed by atoms with E-state index >= 15 is 0 Å². The Bertz CT molecular complexity index is 437. The smallest absolute Gasteiger partial charge is 0.191 e. The molecule has 22 heavy (non-hydrogen) atoms. The minimum absolute atomic E-state index is 0.181. The number of benzene rings is 1. The lowest BCUT2D eigenvalue weighted by Gasteiger charge is -2.36. The summed E-state index contributed by atoms with van der Waals surface area (Å²) in [5.41, 5.74) is 1.25. The molecule has 0 saturated heterocycles. The van der Waals surface area contributed by atoms with Gasteiger partial charge in [0.2, 0.25) is 0 Å². The average Bonchev–Trinajstić information content (AvgIpc) is 2.43. The Morgan fingerprint density at radius 1 is 1.09 bits per heavy atom. The highest BCUT2D eigenvalue weighted by atomic mass is 79.9. The van der Waals surface area contributed by atoms with E-state index < -0.39 is 8.32 Å². The second-order valence-electron chi connectivity index (χ2n) is 7.28. The molecule has 0 N–H and O–H groups in total. The van der Waals surface area contributed by atoms with Gasteiger partial charge in [0.05, 0.1) is 6.10 Å². The molecule has 4 heteroatoms. The molecule has 0 aliphatic rings. The molecule has 0 bridgehead atoms. The number of halogens is 1. The van der Waals surface area contributed by atoms with Gasteiger partial charge in [0, 0.05) is 17.7 Å². The first-order chi connectivity index (χ1) is 10.2. The van der Waals surface area contributed by atoms with E-state index in [1.165, 1.54) is 5.56 Å². The number of hydrogen-bond acceptors (Lipinski definition) is 2. The van der Waals surface area contributed by atoms with Crippen molar-refractivity contribution in [2.24, 2.45) is 0 Å². The summed E-state index contributed by atoms with van der Waals surface area (Å²) in [4.78, 5) is 0. The summed E-state index contributed by atoms with van der Waals surface area (Å²) in [5, 5.41) is 0.275. The maximum absolute atomic E-state index is 6.18. The van der Waals surface area contributed by atoms with Crippen LogP contribution in [0.25, 0.3) is 0 Å². The molecule has 0 radical (unpaired) electrons. The monoisotopic (exact) mass is 386 g/mol. The van der Waals surface area contributed by atoms with Crippen LogP contribution in [0.2, 0.25) is 18.1 Å². The van der Waals surface area contributed by atoms with Gasteiger partial charge in [-0.1, -0.05) is 55.8 Å². The van der Waals surface area contributed by atoms with Crippen LogP contribution in [0.3, 0.4) is 0 Å². The highest BCUT2D eigenvalue weighted by Gasteiger charge is 2.36. The topological polar surface area (TPSA) is 18.5 Å². The largest absolute Gasteiger partial charge is 0.417 e. The van der Waals surface area contributed by atoms with E-state index in [9.17, 15) is 0 Å². The van der Waals surface area contributed by atoms with E-state index in [2.05, 4.69) is 81.0 Å². The Labute approximate surface area is 145 Å². The van der Waals surface area contributed by atoms with Crippen LogP contribution in [0.4, 0.5) is 0 Å². The van der Waals surface area contributed by atoms with Gasteiger partial charge in [0.1, 0.15) is 0 Å². The van der Waals surface area contributed by atoms with Crippen molar-refractivity contribution in [2.75, 3.05) is 13.2 Å². The summed E-state index contributed by atoms with van der Waals surface area (Å²) in [7, 11) is -1.62. The molecule has 1 unspecified atom stereocenters. The average molecular weight is 387 g/mol. The summed E-state index contributed by atoms with van der Waals surface area (Å²) in [6.45, 7) is 15.1. The van der Waals surface area contributed by atoms with Crippen molar-refractivity contribution in [3.8, 4) is 0 Å². The lowest BCUT2D eigenvalue weighted by molar-refractivity contribution is 0.0416. The third kappa shape index (κ3) is 6.15. The van der Waals surface area contributed by atoms with E-state index in [0.717, 1.165) is 30.5 Å². The van der Waals surface area contributed by atoms with E-state index in [4.69, 9.17) is 9.16 Å². The van der Waals surface area contributed by atoms with Gasteiger partial charge in [-0.2, -0.15) is 0 Å². The molecule has 0 aliphatic heterocycles. The Hall–Kier alpha value is -0.163. The van der Waals surface area contributed by atoms with Gasteiger partial charge < -0.3 is 9.16 Å². The molecule has 0 heterocycles. The van der Waals surface area contributed by atoms with Crippen LogP contribution in [0.1, 0.15) is 52.2 Å². The van der Waals surface area contributed by atoms with Gasteiger partial charge in [-0.25, -0.2) is 0 Å². The molecule has 0 aromatic heterocycles. The minimum Gasteiger partial charge on any atom is -0.417 e. The normalized spacial score (nSPS) is 14.1.